The average molecular weight is 324 g/mol. The van der Waals surface area contributed by atoms with Crippen LogP contribution in [0.4, 0.5) is 5.82 Å². The molecule has 0 saturated heterocycles. The first-order valence-corrected chi connectivity index (χ1v) is 5.95. The normalized spacial score (nSPS) is 10.2. The van der Waals surface area contributed by atoms with Crippen molar-refractivity contribution in [2.45, 2.75) is 6.92 Å². The van der Waals surface area contributed by atoms with Crippen LogP contribution in [0.2, 0.25) is 0 Å². The van der Waals surface area contributed by atoms with Gasteiger partial charge in [-0.15, -0.1) is 0 Å². The highest BCUT2D eigenvalue weighted by molar-refractivity contribution is 9.11. The average Bonchev–Trinajstić information content (AvgIpc) is 2.15. The van der Waals surface area contributed by atoms with E-state index in [2.05, 4.69) is 42.2 Å². The lowest BCUT2D eigenvalue weighted by Gasteiger charge is -2.07. The van der Waals surface area contributed by atoms with E-state index >= 15 is 0 Å². The summed E-state index contributed by atoms with van der Waals surface area (Å²) >= 11 is 6.76. The van der Waals surface area contributed by atoms with Crippen LogP contribution in [0.15, 0.2) is 21.2 Å². The molecular formula is C9H12Br2N2O. The third kappa shape index (κ3) is 3.94. The SMILES string of the molecule is CCOCCNc1ncc(Br)cc1Br. The monoisotopic (exact) mass is 322 g/mol. The van der Waals surface area contributed by atoms with Gasteiger partial charge in [-0.05, 0) is 44.8 Å². The highest BCUT2D eigenvalue weighted by Crippen LogP contribution is 2.22. The molecular weight excluding hydrogens is 312 g/mol. The van der Waals surface area contributed by atoms with E-state index in [0.717, 1.165) is 27.9 Å². The molecule has 0 spiro atoms. The highest BCUT2D eigenvalue weighted by atomic mass is 79.9. The standard InChI is InChI=1S/C9H12Br2N2O/c1-2-14-4-3-12-9-8(11)5-7(10)6-13-9/h5-6H,2-4H2,1H3,(H,12,13). The number of rotatable bonds is 5. The molecule has 0 radical (unpaired) electrons. The van der Waals surface area contributed by atoms with Gasteiger partial charge >= 0.3 is 0 Å². The first kappa shape index (κ1) is 11.9. The van der Waals surface area contributed by atoms with Gasteiger partial charge in [-0.2, -0.15) is 0 Å². The van der Waals surface area contributed by atoms with E-state index in [0.29, 0.717) is 6.61 Å². The molecule has 0 aliphatic carbocycles. The van der Waals surface area contributed by atoms with E-state index in [9.17, 15) is 0 Å². The number of hydrogen-bond donors (Lipinski definition) is 1. The van der Waals surface area contributed by atoms with Crippen molar-refractivity contribution in [3.8, 4) is 0 Å². The lowest BCUT2D eigenvalue weighted by Crippen LogP contribution is -2.10. The number of anilines is 1. The van der Waals surface area contributed by atoms with Crippen molar-refractivity contribution in [3.05, 3.63) is 21.2 Å². The second-order valence-corrected chi connectivity index (χ2v) is 4.38. The van der Waals surface area contributed by atoms with Gasteiger partial charge in [-0.3, -0.25) is 0 Å². The third-order valence-corrected chi connectivity index (χ3v) is 2.59. The Kier molecular flexibility index (Phi) is 5.44. The number of halogens is 2. The molecule has 5 heteroatoms. The fraction of sp³-hybridized carbons (Fsp3) is 0.444. The van der Waals surface area contributed by atoms with Crippen LogP contribution in [-0.2, 0) is 4.74 Å². The molecule has 3 nitrogen and oxygen atoms in total. The molecule has 1 aromatic rings. The molecule has 0 saturated carbocycles. The van der Waals surface area contributed by atoms with Gasteiger partial charge in [0, 0.05) is 23.8 Å². The van der Waals surface area contributed by atoms with Crippen molar-refractivity contribution < 1.29 is 4.74 Å². The molecule has 0 aliphatic heterocycles. The smallest absolute Gasteiger partial charge is 0.140 e. The van der Waals surface area contributed by atoms with Gasteiger partial charge in [-0.1, -0.05) is 0 Å². The predicted molar refractivity (Wildman–Crippen MR) is 64.6 cm³/mol. The van der Waals surface area contributed by atoms with Gasteiger partial charge in [0.25, 0.3) is 0 Å². The van der Waals surface area contributed by atoms with Gasteiger partial charge in [0.1, 0.15) is 5.82 Å². The lowest BCUT2D eigenvalue weighted by molar-refractivity contribution is 0.158. The zero-order valence-corrected chi connectivity index (χ0v) is 11.1. The van der Waals surface area contributed by atoms with Crippen LogP contribution in [0.25, 0.3) is 0 Å². The van der Waals surface area contributed by atoms with Gasteiger partial charge in [0.15, 0.2) is 0 Å². The Morgan fingerprint density at radius 3 is 2.93 bits per heavy atom. The Bertz CT molecular complexity index is 294. The minimum absolute atomic E-state index is 0.695. The zero-order chi connectivity index (χ0) is 10.4. The quantitative estimate of drug-likeness (QED) is 0.846. The minimum atomic E-state index is 0.695. The molecule has 1 N–H and O–H groups in total. The first-order valence-electron chi connectivity index (χ1n) is 4.36. The summed E-state index contributed by atoms with van der Waals surface area (Å²) in [4.78, 5) is 4.22. The molecule has 0 unspecified atom stereocenters. The van der Waals surface area contributed by atoms with Crippen molar-refractivity contribution >= 4 is 37.7 Å². The summed E-state index contributed by atoms with van der Waals surface area (Å²) in [5.41, 5.74) is 0. The van der Waals surface area contributed by atoms with Crippen molar-refractivity contribution in [2.24, 2.45) is 0 Å². The summed E-state index contributed by atoms with van der Waals surface area (Å²) < 4.78 is 7.11. The molecule has 1 rings (SSSR count). The lowest BCUT2D eigenvalue weighted by atomic mass is 10.4. The maximum Gasteiger partial charge on any atom is 0.140 e. The van der Waals surface area contributed by atoms with Crippen LogP contribution in [-0.4, -0.2) is 24.7 Å². The van der Waals surface area contributed by atoms with Gasteiger partial charge < -0.3 is 10.1 Å². The molecule has 0 bridgehead atoms. The molecule has 0 amide bonds. The van der Waals surface area contributed by atoms with Crippen LogP contribution in [0.5, 0.6) is 0 Å². The van der Waals surface area contributed by atoms with E-state index in [1.54, 1.807) is 6.20 Å². The van der Waals surface area contributed by atoms with Gasteiger partial charge in [-0.25, -0.2) is 4.98 Å². The van der Waals surface area contributed by atoms with Crippen LogP contribution >= 0.6 is 31.9 Å². The molecule has 78 valence electrons. The van der Waals surface area contributed by atoms with Crippen molar-refractivity contribution in [2.75, 3.05) is 25.1 Å². The number of pyridine rings is 1. The van der Waals surface area contributed by atoms with Crippen molar-refractivity contribution in [3.63, 3.8) is 0 Å². The molecule has 14 heavy (non-hydrogen) atoms. The van der Waals surface area contributed by atoms with Crippen LogP contribution in [0, 0.1) is 0 Å². The number of ether oxygens (including phenoxy) is 1. The number of nitrogens with zero attached hydrogens (tertiary/aromatic N) is 1. The molecule has 0 atom stereocenters. The second kappa shape index (κ2) is 6.37. The summed E-state index contributed by atoms with van der Waals surface area (Å²) in [6.07, 6.45) is 1.76. The summed E-state index contributed by atoms with van der Waals surface area (Å²) in [6.45, 7) is 4.19. The molecule has 1 aromatic heterocycles. The zero-order valence-electron chi connectivity index (χ0n) is 7.89. The van der Waals surface area contributed by atoms with Gasteiger partial charge in [0.05, 0.1) is 11.1 Å². The van der Waals surface area contributed by atoms with Crippen LogP contribution in [0.1, 0.15) is 6.92 Å². The number of aromatic nitrogens is 1. The summed E-state index contributed by atoms with van der Waals surface area (Å²) in [7, 11) is 0. The molecule has 0 aliphatic rings. The summed E-state index contributed by atoms with van der Waals surface area (Å²) in [5, 5.41) is 3.17. The molecule has 1 heterocycles. The fourth-order valence-electron chi connectivity index (χ4n) is 0.931. The van der Waals surface area contributed by atoms with Gasteiger partial charge in [0.2, 0.25) is 0 Å². The Morgan fingerprint density at radius 1 is 1.50 bits per heavy atom. The third-order valence-electron chi connectivity index (χ3n) is 1.55. The molecule has 0 fully saturated rings. The molecule has 0 aromatic carbocycles. The fourth-order valence-corrected chi connectivity index (χ4v) is 2.06. The second-order valence-electron chi connectivity index (χ2n) is 2.61. The first-order chi connectivity index (χ1) is 6.74. The largest absolute Gasteiger partial charge is 0.380 e. The Labute approximate surface area is 101 Å². The Morgan fingerprint density at radius 2 is 2.29 bits per heavy atom. The van der Waals surface area contributed by atoms with E-state index in [1.807, 2.05) is 13.0 Å². The predicted octanol–water partition coefficient (Wildman–Crippen LogP) is 3.06. The van der Waals surface area contributed by atoms with Crippen LogP contribution in [0.3, 0.4) is 0 Å². The maximum absolute atomic E-state index is 5.20. The van der Waals surface area contributed by atoms with Crippen molar-refractivity contribution in [1.29, 1.82) is 0 Å². The Balaban J connectivity index is 2.42. The minimum Gasteiger partial charge on any atom is -0.380 e. The van der Waals surface area contributed by atoms with Crippen molar-refractivity contribution in [1.82, 2.24) is 4.98 Å². The van der Waals surface area contributed by atoms with E-state index in [4.69, 9.17) is 4.74 Å². The highest BCUT2D eigenvalue weighted by Gasteiger charge is 2.00. The summed E-state index contributed by atoms with van der Waals surface area (Å²) in [6, 6.07) is 1.95. The Hall–Kier alpha value is -0.130. The number of nitrogens with one attached hydrogen (secondary N) is 1. The van der Waals surface area contributed by atoms with E-state index in [1.165, 1.54) is 0 Å². The van der Waals surface area contributed by atoms with E-state index < -0.39 is 0 Å². The topological polar surface area (TPSA) is 34.1 Å². The maximum atomic E-state index is 5.20. The number of hydrogen-bond acceptors (Lipinski definition) is 3. The van der Waals surface area contributed by atoms with E-state index in [-0.39, 0.29) is 0 Å². The van der Waals surface area contributed by atoms with Crippen LogP contribution < -0.4 is 5.32 Å². The summed E-state index contributed by atoms with van der Waals surface area (Å²) in [5.74, 6) is 0.841.